The molecule has 136 valence electrons. The van der Waals surface area contributed by atoms with Gasteiger partial charge in [-0.25, -0.2) is 5.43 Å². The van der Waals surface area contributed by atoms with Crippen molar-refractivity contribution in [1.82, 2.24) is 5.43 Å². The van der Waals surface area contributed by atoms with Crippen molar-refractivity contribution in [3.63, 3.8) is 0 Å². The Kier molecular flexibility index (Phi) is 6.00. The summed E-state index contributed by atoms with van der Waals surface area (Å²) in [5.41, 5.74) is 7.41. The number of hydrogen-bond acceptors (Lipinski definition) is 3. The summed E-state index contributed by atoms with van der Waals surface area (Å²) in [6.07, 6.45) is 1.63. The molecule has 3 rings (SSSR count). The van der Waals surface area contributed by atoms with Gasteiger partial charge in [-0.2, -0.15) is 5.10 Å². The van der Waals surface area contributed by atoms with Crippen LogP contribution in [0.1, 0.15) is 32.6 Å². The molecule has 0 spiro atoms. The van der Waals surface area contributed by atoms with E-state index in [1.165, 1.54) is 11.1 Å². The first-order valence-electron chi connectivity index (χ1n) is 8.79. The Balaban J connectivity index is 1.52. The molecular formula is C23H22N2O2. The summed E-state index contributed by atoms with van der Waals surface area (Å²) < 4.78 is 5.75. The third-order valence-corrected chi connectivity index (χ3v) is 4.10. The molecule has 0 aliphatic rings. The van der Waals surface area contributed by atoms with Gasteiger partial charge in [0.15, 0.2) is 0 Å². The topological polar surface area (TPSA) is 50.7 Å². The number of nitrogens with zero attached hydrogens (tertiary/aromatic N) is 1. The molecule has 0 saturated heterocycles. The van der Waals surface area contributed by atoms with E-state index in [1.807, 2.05) is 74.5 Å². The molecule has 27 heavy (non-hydrogen) atoms. The fourth-order valence-corrected chi connectivity index (χ4v) is 2.44. The number of nitrogens with one attached hydrogen (secondary N) is 1. The molecule has 4 heteroatoms. The maximum atomic E-state index is 12.2. The fourth-order valence-electron chi connectivity index (χ4n) is 2.44. The molecule has 1 amide bonds. The van der Waals surface area contributed by atoms with Crippen LogP contribution in [0.4, 0.5) is 0 Å². The van der Waals surface area contributed by atoms with Gasteiger partial charge in [-0.15, -0.1) is 0 Å². The number of rotatable bonds is 6. The third-order valence-electron chi connectivity index (χ3n) is 4.10. The van der Waals surface area contributed by atoms with Crippen molar-refractivity contribution in [2.24, 2.45) is 5.10 Å². The highest BCUT2D eigenvalue weighted by Crippen LogP contribution is 2.14. The highest BCUT2D eigenvalue weighted by atomic mass is 16.5. The maximum absolute atomic E-state index is 12.2. The number of benzene rings is 3. The van der Waals surface area contributed by atoms with E-state index < -0.39 is 0 Å². The fraction of sp³-hybridized carbons (Fsp3) is 0.130. The lowest BCUT2D eigenvalue weighted by Gasteiger charge is -2.07. The smallest absolute Gasteiger partial charge is 0.271 e. The van der Waals surface area contributed by atoms with E-state index in [2.05, 4.69) is 10.5 Å². The molecule has 1 N–H and O–H groups in total. The van der Waals surface area contributed by atoms with E-state index in [9.17, 15) is 4.79 Å². The van der Waals surface area contributed by atoms with Gasteiger partial charge in [-0.1, -0.05) is 59.7 Å². The van der Waals surface area contributed by atoms with Gasteiger partial charge in [0.25, 0.3) is 5.91 Å². The van der Waals surface area contributed by atoms with E-state index in [-0.39, 0.29) is 5.91 Å². The van der Waals surface area contributed by atoms with Crippen molar-refractivity contribution in [2.75, 3.05) is 0 Å². The average molecular weight is 358 g/mol. The van der Waals surface area contributed by atoms with E-state index in [1.54, 1.807) is 18.3 Å². The van der Waals surface area contributed by atoms with Crippen LogP contribution in [0.3, 0.4) is 0 Å². The minimum atomic E-state index is -0.246. The zero-order valence-electron chi connectivity index (χ0n) is 15.5. The highest BCUT2D eigenvalue weighted by Gasteiger charge is 2.04. The van der Waals surface area contributed by atoms with Gasteiger partial charge in [-0.3, -0.25) is 4.79 Å². The van der Waals surface area contributed by atoms with Gasteiger partial charge < -0.3 is 4.74 Å². The second kappa shape index (κ2) is 8.81. The SMILES string of the molecule is Cc1ccc(/C=N\NC(=O)c2ccc(COc3ccc(C)cc3)cc2)cc1. The number of aryl methyl sites for hydroxylation is 2. The van der Waals surface area contributed by atoms with E-state index in [4.69, 9.17) is 4.74 Å². The summed E-state index contributed by atoms with van der Waals surface area (Å²) in [5.74, 6) is 0.581. The quantitative estimate of drug-likeness (QED) is 0.515. The van der Waals surface area contributed by atoms with Crippen molar-refractivity contribution >= 4 is 12.1 Å². The predicted octanol–water partition coefficient (Wildman–Crippen LogP) is 4.65. The van der Waals surface area contributed by atoms with Crippen LogP contribution in [-0.2, 0) is 6.61 Å². The monoisotopic (exact) mass is 358 g/mol. The summed E-state index contributed by atoms with van der Waals surface area (Å²) in [7, 11) is 0. The number of amides is 1. The molecule has 0 heterocycles. The van der Waals surface area contributed by atoms with E-state index in [0.717, 1.165) is 16.9 Å². The number of carbonyl (C=O) groups excluding carboxylic acids is 1. The van der Waals surface area contributed by atoms with E-state index >= 15 is 0 Å². The molecule has 3 aromatic carbocycles. The molecule has 4 nitrogen and oxygen atoms in total. The summed E-state index contributed by atoms with van der Waals surface area (Å²) in [5, 5.41) is 4.00. The number of ether oxygens (including phenoxy) is 1. The summed E-state index contributed by atoms with van der Waals surface area (Å²) >= 11 is 0. The van der Waals surface area contributed by atoms with Gasteiger partial charge in [0.2, 0.25) is 0 Å². The Labute approximate surface area is 159 Å². The predicted molar refractivity (Wildman–Crippen MR) is 108 cm³/mol. The largest absolute Gasteiger partial charge is 0.489 e. The molecule has 0 aliphatic carbocycles. The first-order valence-corrected chi connectivity index (χ1v) is 8.79. The molecule has 0 atom stereocenters. The maximum Gasteiger partial charge on any atom is 0.271 e. The zero-order valence-corrected chi connectivity index (χ0v) is 15.5. The van der Waals surface area contributed by atoms with E-state index in [0.29, 0.717) is 12.2 Å². The molecule has 3 aromatic rings. The Morgan fingerprint density at radius 2 is 1.48 bits per heavy atom. The average Bonchev–Trinajstić information content (AvgIpc) is 2.69. The second-order valence-electron chi connectivity index (χ2n) is 6.41. The molecule has 0 saturated carbocycles. The van der Waals surface area contributed by atoms with Crippen molar-refractivity contribution in [1.29, 1.82) is 0 Å². The van der Waals surface area contributed by atoms with Crippen LogP contribution in [0.25, 0.3) is 0 Å². The van der Waals surface area contributed by atoms with Crippen LogP contribution in [0.2, 0.25) is 0 Å². The van der Waals surface area contributed by atoms with Gasteiger partial charge in [0, 0.05) is 5.56 Å². The standard InChI is InChI=1S/C23H22N2O2/c1-17-3-7-19(8-4-17)15-24-25-23(26)21-11-9-20(10-12-21)16-27-22-13-5-18(2)6-14-22/h3-15H,16H2,1-2H3,(H,25,26)/b24-15-. The Morgan fingerprint density at radius 1 is 0.889 bits per heavy atom. The third kappa shape index (κ3) is 5.54. The zero-order chi connectivity index (χ0) is 19.1. The molecule has 0 aromatic heterocycles. The Morgan fingerprint density at radius 3 is 2.11 bits per heavy atom. The first-order chi connectivity index (χ1) is 13.1. The summed E-state index contributed by atoms with van der Waals surface area (Å²) in [6, 6.07) is 23.1. The Bertz CT molecular complexity index is 912. The lowest BCUT2D eigenvalue weighted by molar-refractivity contribution is 0.0955. The Hall–Kier alpha value is -3.40. The highest BCUT2D eigenvalue weighted by molar-refractivity contribution is 5.94. The van der Waals surface area contributed by atoms with Gasteiger partial charge in [0.1, 0.15) is 12.4 Å². The summed E-state index contributed by atoms with van der Waals surface area (Å²) in [6.45, 7) is 4.52. The van der Waals surface area contributed by atoms with Gasteiger partial charge in [0.05, 0.1) is 6.21 Å². The molecule has 0 radical (unpaired) electrons. The minimum Gasteiger partial charge on any atom is -0.489 e. The molecule has 0 aliphatic heterocycles. The molecule has 0 fully saturated rings. The van der Waals surface area contributed by atoms with Crippen LogP contribution in [-0.4, -0.2) is 12.1 Å². The number of carbonyl (C=O) groups is 1. The summed E-state index contributed by atoms with van der Waals surface area (Å²) in [4.78, 5) is 12.2. The van der Waals surface area contributed by atoms with Gasteiger partial charge in [-0.05, 0) is 49.2 Å². The van der Waals surface area contributed by atoms with Crippen LogP contribution in [0, 0.1) is 13.8 Å². The minimum absolute atomic E-state index is 0.246. The van der Waals surface area contributed by atoms with Crippen molar-refractivity contribution in [2.45, 2.75) is 20.5 Å². The number of hydrogen-bond donors (Lipinski definition) is 1. The lowest BCUT2D eigenvalue weighted by Crippen LogP contribution is -2.17. The molecular weight excluding hydrogens is 336 g/mol. The lowest BCUT2D eigenvalue weighted by atomic mass is 10.1. The normalized spacial score (nSPS) is 10.7. The van der Waals surface area contributed by atoms with Crippen LogP contribution < -0.4 is 10.2 Å². The van der Waals surface area contributed by atoms with Crippen molar-refractivity contribution < 1.29 is 9.53 Å². The van der Waals surface area contributed by atoms with Crippen LogP contribution in [0.5, 0.6) is 5.75 Å². The molecule has 0 bridgehead atoms. The van der Waals surface area contributed by atoms with Gasteiger partial charge >= 0.3 is 0 Å². The van der Waals surface area contributed by atoms with Crippen molar-refractivity contribution in [3.8, 4) is 5.75 Å². The van der Waals surface area contributed by atoms with Crippen LogP contribution in [0.15, 0.2) is 77.9 Å². The number of hydrazone groups is 1. The first kappa shape index (κ1) is 18.4. The molecule has 0 unspecified atom stereocenters. The van der Waals surface area contributed by atoms with Crippen LogP contribution >= 0.6 is 0 Å². The van der Waals surface area contributed by atoms with Crippen molar-refractivity contribution in [3.05, 3.63) is 101 Å². The second-order valence-corrected chi connectivity index (χ2v) is 6.41.